The standard InChI is InChI=1S/C16H26O4.C15H26O4/c1-4-16(2,3)15(18)20-8-7-19-14(17)13-10-11-5-6-12(13)9-11;1-4-15(2,3)14(17)19-11-10-18-13(16)12-8-6-5-7-9-12/h11-13H,4-10H2,1-3H3;12H,4-11H2,1-3H3. The van der Waals surface area contributed by atoms with Crippen LogP contribution in [-0.2, 0) is 38.1 Å². The van der Waals surface area contributed by atoms with Crippen molar-refractivity contribution in [2.45, 2.75) is 112 Å². The fourth-order valence-electron chi connectivity index (χ4n) is 5.33. The molecule has 0 radical (unpaired) electrons. The maximum atomic E-state index is 12.0. The summed E-state index contributed by atoms with van der Waals surface area (Å²) < 4.78 is 20.7. The minimum Gasteiger partial charge on any atom is -0.462 e. The van der Waals surface area contributed by atoms with E-state index in [1.807, 2.05) is 41.5 Å². The Hall–Kier alpha value is -2.12. The Balaban J connectivity index is 0.000000274. The monoisotopic (exact) mass is 552 g/mol. The molecule has 8 heteroatoms. The molecule has 3 aliphatic rings. The lowest BCUT2D eigenvalue weighted by molar-refractivity contribution is -0.161. The third-order valence-electron chi connectivity index (χ3n) is 8.97. The van der Waals surface area contributed by atoms with Gasteiger partial charge < -0.3 is 18.9 Å². The van der Waals surface area contributed by atoms with Crippen LogP contribution in [-0.4, -0.2) is 50.3 Å². The number of carbonyl (C=O) groups excluding carboxylic acids is 4. The minimum atomic E-state index is -0.465. The van der Waals surface area contributed by atoms with E-state index in [4.69, 9.17) is 18.9 Å². The van der Waals surface area contributed by atoms with Gasteiger partial charge in [-0.3, -0.25) is 19.2 Å². The zero-order chi connectivity index (χ0) is 29.1. The lowest BCUT2D eigenvalue weighted by atomic mass is 9.89. The summed E-state index contributed by atoms with van der Waals surface area (Å²) in [6.07, 6.45) is 11.4. The maximum absolute atomic E-state index is 12.0. The molecule has 0 saturated heterocycles. The largest absolute Gasteiger partial charge is 0.462 e. The number of esters is 4. The molecular formula is C31H52O8. The second kappa shape index (κ2) is 15.6. The number of ether oxygens (including phenoxy) is 4. The van der Waals surface area contributed by atoms with E-state index in [0.717, 1.165) is 50.9 Å². The molecule has 3 unspecified atom stereocenters. The SMILES string of the molecule is CCC(C)(C)C(=O)OCCOC(=O)C1CC2CCC1C2.CCC(C)(C)C(=O)OCCOC(=O)C1CCCCC1. The highest BCUT2D eigenvalue weighted by Crippen LogP contribution is 2.48. The molecule has 224 valence electrons. The van der Waals surface area contributed by atoms with Crippen LogP contribution in [0, 0.1) is 34.5 Å². The fraction of sp³-hybridized carbons (Fsp3) is 0.871. The molecule has 0 aliphatic heterocycles. The van der Waals surface area contributed by atoms with Gasteiger partial charge in [-0.15, -0.1) is 0 Å². The van der Waals surface area contributed by atoms with Gasteiger partial charge in [-0.2, -0.15) is 0 Å². The summed E-state index contributed by atoms with van der Waals surface area (Å²) in [5.74, 6) is 0.732. The number of carbonyl (C=O) groups is 4. The van der Waals surface area contributed by atoms with Gasteiger partial charge in [0.2, 0.25) is 0 Å². The molecule has 0 N–H and O–H groups in total. The molecule has 0 heterocycles. The normalized spacial score (nSPS) is 22.9. The molecule has 3 aliphatic carbocycles. The smallest absolute Gasteiger partial charge is 0.311 e. The second-order valence-electron chi connectivity index (χ2n) is 12.7. The van der Waals surface area contributed by atoms with E-state index in [0.29, 0.717) is 5.92 Å². The lowest BCUT2D eigenvalue weighted by Gasteiger charge is -2.21. The fourth-order valence-corrected chi connectivity index (χ4v) is 5.33. The van der Waals surface area contributed by atoms with Crippen molar-refractivity contribution in [2.75, 3.05) is 26.4 Å². The van der Waals surface area contributed by atoms with Crippen molar-refractivity contribution in [3.63, 3.8) is 0 Å². The van der Waals surface area contributed by atoms with E-state index in [1.165, 1.54) is 25.7 Å². The topological polar surface area (TPSA) is 105 Å². The van der Waals surface area contributed by atoms with Crippen molar-refractivity contribution in [1.82, 2.24) is 0 Å². The molecule has 8 nitrogen and oxygen atoms in total. The van der Waals surface area contributed by atoms with Crippen LogP contribution in [0.2, 0.25) is 0 Å². The van der Waals surface area contributed by atoms with Crippen LogP contribution in [0.15, 0.2) is 0 Å². The highest BCUT2D eigenvalue weighted by Gasteiger charge is 2.43. The van der Waals surface area contributed by atoms with E-state index in [2.05, 4.69) is 0 Å². The van der Waals surface area contributed by atoms with Gasteiger partial charge in [0.15, 0.2) is 0 Å². The zero-order valence-corrected chi connectivity index (χ0v) is 25.2. The van der Waals surface area contributed by atoms with E-state index >= 15 is 0 Å². The summed E-state index contributed by atoms with van der Waals surface area (Å²) in [7, 11) is 0. The molecule has 3 fully saturated rings. The first kappa shape index (κ1) is 33.1. The van der Waals surface area contributed by atoms with Crippen molar-refractivity contribution in [2.24, 2.45) is 34.5 Å². The molecule has 3 saturated carbocycles. The second-order valence-corrected chi connectivity index (χ2v) is 12.7. The molecule has 0 aromatic rings. The number of rotatable bonds is 12. The summed E-state index contributed by atoms with van der Waals surface area (Å²) >= 11 is 0. The van der Waals surface area contributed by atoms with Gasteiger partial charge in [-0.1, -0.05) is 39.5 Å². The molecule has 0 aromatic carbocycles. The van der Waals surface area contributed by atoms with E-state index < -0.39 is 10.8 Å². The third-order valence-corrected chi connectivity index (χ3v) is 8.97. The van der Waals surface area contributed by atoms with Crippen molar-refractivity contribution >= 4 is 23.9 Å². The number of hydrogen-bond donors (Lipinski definition) is 0. The lowest BCUT2D eigenvalue weighted by Crippen LogP contribution is -2.28. The third kappa shape index (κ3) is 10.4. The minimum absolute atomic E-state index is 0.0523. The highest BCUT2D eigenvalue weighted by atomic mass is 16.6. The predicted molar refractivity (Wildman–Crippen MR) is 147 cm³/mol. The van der Waals surface area contributed by atoms with Crippen molar-refractivity contribution in [3.8, 4) is 0 Å². The molecule has 3 atom stereocenters. The Bertz CT molecular complexity index is 811. The first-order chi connectivity index (χ1) is 18.4. The number of hydrogen-bond acceptors (Lipinski definition) is 8. The Morgan fingerprint density at radius 1 is 0.615 bits per heavy atom. The molecule has 0 spiro atoms. The van der Waals surface area contributed by atoms with Gasteiger partial charge in [0.1, 0.15) is 26.4 Å². The van der Waals surface area contributed by atoms with Crippen LogP contribution in [0.3, 0.4) is 0 Å². The van der Waals surface area contributed by atoms with Crippen LogP contribution in [0.4, 0.5) is 0 Å². The predicted octanol–water partition coefficient (Wildman–Crippen LogP) is 6.03. The molecule has 2 bridgehead atoms. The molecule has 3 rings (SSSR count). The van der Waals surface area contributed by atoms with Crippen LogP contribution < -0.4 is 0 Å². The van der Waals surface area contributed by atoms with E-state index in [9.17, 15) is 19.2 Å². The van der Waals surface area contributed by atoms with E-state index in [1.54, 1.807) is 0 Å². The Kier molecular flexibility index (Phi) is 13.2. The Labute approximate surface area is 235 Å². The van der Waals surface area contributed by atoms with Gasteiger partial charge in [-0.25, -0.2) is 0 Å². The summed E-state index contributed by atoms with van der Waals surface area (Å²) in [6, 6.07) is 0. The summed E-state index contributed by atoms with van der Waals surface area (Å²) in [5, 5.41) is 0. The molecular weight excluding hydrogens is 500 g/mol. The van der Waals surface area contributed by atoms with E-state index in [-0.39, 0.29) is 62.1 Å². The summed E-state index contributed by atoms with van der Waals surface area (Å²) in [5.41, 5.74) is -0.929. The zero-order valence-electron chi connectivity index (χ0n) is 25.2. The van der Waals surface area contributed by atoms with Gasteiger partial charge in [-0.05, 0) is 84.5 Å². The molecule has 0 amide bonds. The van der Waals surface area contributed by atoms with Crippen molar-refractivity contribution in [3.05, 3.63) is 0 Å². The van der Waals surface area contributed by atoms with Crippen LogP contribution in [0.5, 0.6) is 0 Å². The quantitative estimate of drug-likeness (QED) is 0.164. The summed E-state index contributed by atoms with van der Waals surface area (Å²) in [6.45, 7) is 12.0. The highest BCUT2D eigenvalue weighted by molar-refractivity contribution is 5.76. The first-order valence-corrected chi connectivity index (χ1v) is 15.1. The van der Waals surface area contributed by atoms with Crippen LogP contribution in [0.25, 0.3) is 0 Å². The average molecular weight is 553 g/mol. The molecule has 0 aromatic heterocycles. The first-order valence-electron chi connectivity index (χ1n) is 15.1. The Morgan fingerprint density at radius 2 is 1.10 bits per heavy atom. The maximum Gasteiger partial charge on any atom is 0.311 e. The van der Waals surface area contributed by atoms with Crippen LogP contribution >= 0.6 is 0 Å². The Morgan fingerprint density at radius 3 is 1.54 bits per heavy atom. The van der Waals surface area contributed by atoms with Crippen molar-refractivity contribution in [1.29, 1.82) is 0 Å². The average Bonchev–Trinajstić information content (AvgIpc) is 3.58. The van der Waals surface area contributed by atoms with Crippen molar-refractivity contribution < 1.29 is 38.1 Å². The van der Waals surface area contributed by atoms with Gasteiger partial charge >= 0.3 is 23.9 Å². The molecule has 39 heavy (non-hydrogen) atoms. The summed E-state index contributed by atoms with van der Waals surface area (Å²) in [4.78, 5) is 47.1. The van der Waals surface area contributed by atoms with Gasteiger partial charge in [0.25, 0.3) is 0 Å². The number of fused-ring (bicyclic) bond motifs is 2. The van der Waals surface area contributed by atoms with Gasteiger partial charge in [0.05, 0.1) is 22.7 Å². The van der Waals surface area contributed by atoms with Crippen LogP contribution in [0.1, 0.15) is 112 Å². The van der Waals surface area contributed by atoms with Gasteiger partial charge in [0, 0.05) is 0 Å².